The molecule has 1 N–H and O–H groups in total. The van der Waals surface area contributed by atoms with Gasteiger partial charge in [-0.2, -0.15) is 0 Å². The molecule has 0 bridgehead atoms. The van der Waals surface area contributed by atoms with E-state index in [0.29, 0.717) is 0 Å². The number of hydrogen-bond donors (Lipinski definition) is 1. The highest BCUT2D eigenvalue weighted by molar-refractivity contribution is 4.85. The van der Waals surface area contributed by atoms with E-state index in [4.69, 9.17) is 0 Å². The Labute approximate surface area is 76.2 Å². The van der Waals surface area contributed by atoms with Gasteiger partial charge in [0.05, 0.1) is 0 Å². The lowest BCUT2D eigenvalue weighted by molar-refractivity contribution is 0.267. The van der Waals surface area contributed by atoms with Crippen LogP contribution in [0.2, 0.25) is 0 Å². The van der Waals surface area contributed by atoms with Crippen molar-refractivity contribution >= 4 is 0 Å². The maximum Gasteiger partial charge on any atom is 0.00981 e. The van der Waals surface area contributed by atoms with E-state index in [-0.39, 0.29) is 0 Å². The van der Waals surface area contributed by atoms with Gasteiger partial charge in [0.2, 0.25) is 0 Å². The SMILES string of the molecule is C=CCC1CCCCC1NCC. The molecule has 0 amide bonds. The van der Waals surface area contributed by atoms with E-state index in [2.05, 4.69) is 24.9 Å². The van der Waals surface area contributed by atoms with Crippen LogP contribution in [0.4, 0.5) is 0 Å². The van der Waals surface area contributed by atoms with Crippen LogP contribution >= 0.6 is 0 Å². The second-order valence-corrected chi connectivity index (χ2v) is 3.73. The van der Waals surface area contributed by atoms with E-state index in [0.717, 1.165) is 18.5 Å². The molecule has 0 heterocycles. The molecule has 1 heteroatoms. The third-order valence-corrected chi connectivity index (χ3v) is 2.84. The predicted octanol–water partition coefficient (Wildman–Crippen LogP) is 2.73. The third kappa shape index (κ3) is 2.63. The molecule has 1 aliphatic rings. The molecule has 1 rings (SSSR count). The van der Waals surface area contributed by atoms with Gasteiger partial charge in [0.25, 0.3) is 0 Å². The Morgan fingerprint density at radius 3 is 2.83 bits per heavy atom. The molecule has 0 aromatic rings. The molecule has 1 nitrogen and oxygen atoms in total. The minimum Gasteiger partial charge on any atom is -0.314 e. The van der Waals surface area contributed by atoms with E-state index in [9.17, 15) is 0 Å². The lowest BCUT2D eigenvalue weighted by Crippen LogP contribution is -2.38. The van der Waals surface area contributed by atoms with Gasteiger partial charge in [-0.05, 0) is 31.7 Å². The Balaban J connectivity index is 2.36. The molecule has 12 heavy (non-hydrogen) atoms. The van der Waals surface area contributed by atoms with Crippen molar-refractivity contribution in [1.29, 1.82) is 0 Å². The molecule has 0 aliphatic heterocycles. The first-order valence-corrected chi connectivity index (χ1v) is 5.22. The summed E-state index contributed by atoms with van der Waals surface area (Å²) < 4.78 is 0. The minimum absolute atomic E-state index is 0.766. The molecule has 0 aromatic heterocycles. The first kappa shape index (κ1) is 9.79. The van der Waals surface area contributed by atoms with Crippen LogP contribution in [0.15, 0.2) is 12.7 Å². The second kappa shape index (κ2) is 5.36. The van der Waals surface area contributed by atoms with Gasteiger partial charge < -0.3 is 5.32 Å². The quantitative estimate of drug-likeness (QED) is 0.635. The van der Waals surface area contributed by atoms with Gasteiger partial charge >= 0.3 is 0 Å². The highest BCUT2D eigenvalue weighted by atomic mass is 14.9. The summed E-state index contributed by atoms with van der Waals surface area (Å²) in [6, 6.07) is 0.766. The monoisotopic (exact) mass is 167 g/mol. The largest absolute Gasteiger partial charge is 0.314 e. The molecular weight excluding hydrogens is 146 g/mol. The molecule has 0 spiro atoms. The van der Waals surface area contributed by atoms with Crippen LogP contribution in [-0.2, 0) is 0 Å². The zero-order valence-corrected chi connectivity index (χ0v) is 8.18. The van der Waals surface area contributed by atoms with E-state index in [1.54, 1.807) is 0 Å². The molecule has 70 valence electrons. The average Bonchev–Trinajstić information content (AvgIpc) is 2.09. The predicted molar refractivity (Wildman–Crippen MR) is 54.2 cm³/mol. The van der Waals surface area contributed by atoms with E-state index in [1.165, 1.54) is 32.1 Å². The summed E-state index contributed by atoms with van der Waals surface area (Å²) in [6.45, 7) is 7.13. The first-order chi connectivity index (χ1) is 5.88. The molecule has 0 radical (unpaired) electrons. The topological polar surface area (TPSA) is 12.0 Å². The highest BCUT2D eigenvalue weighted by Crippen LogP contribution is 2.26. The number of rotatable bonds is 4. The average molecular weight is 167 g/mol. The van der Waals surface area contributed by atoms with Crippen molar-refractivity contribution in [3.63, 3.8) is 0 Å². The Hall–Kier alpha value is -0.300. The number of nitrogens with one attached hydrogen (secondary N) is 1. The van der Waals surface area contributed by atoms with Crippen LogP contribution in [0.5, 0.6) is 0 Å². The van der Waals surface area contributed by atoms with Crippen molar-refractivity contribution in [3.05, 3.63) is 12.7 Å². The third-order valence-electron chi connectivity index (χ3n) is 2.84. The lowest BCUT2D eigenvalue weighted by atomic mass is 9.82. The van der Waals surface area contributed by atoms with Gasteiger partial charge in [-0.15, -0.1) is 6.58 Å². The minimum atomic E-state index is 0.766. The van der Waals surface area contributed by atoms with Crippen LogP contribution in [-0.4, -0.2) is 12.6 Å². The first-order valence-electron chi connectivity index (χ1n) is 5.22. The molecular formula is C11H21N. The maximum absolute atomic E-state index is 3.82. The van der Waals surface area contributed by atoms with Crippen molar-refractivity contribution < 1.29 is 0 Å². The molecule has 1 fully saturated rings. The summed E-state index contributed by atoms with van der Waals surface area (Å²) in [5, 5.41) is 3.57. The Bertz CT molecular complexity index is 129. The number of allylic oxidation sites excluding steroid dienone is 1. The van der Waals surface area contributed by atoms with Gasteiger partial charge in [0.15, 0.2) is 0 Å². The van der Waals surface area contributed by atoms with E-state index < -0.39 is 0 Å². The highest BCUT2D eigenvalue weighted by Gasteiger charge is 2.22. The van der Waals surface area contributed by atoms with Crippen LogP contribution in [0, 0.1) is 5.92 Å². The van der Waals surface area contributed by atoms with Crippen molar-refractivity contribution in [1.82, 2.24) is 5.32 Å². The Morgan fingerprint density at radius 2 is 2.17 bits per heavy atom. The zero-order valence-electron chi connectivity index (χ0n) is 8.18. The van der Waals surface area contributed by atoms with Crippen LogP contribution < -0.4 is 5.32 Å². The normalized spacial score (nSPS) is 30.1. The lowest BCUT2D eigenvalue weighted by Gasteiger charge is -2.31. The summed E-state index contributed by atoms with van der Waals surface area (Å²) in [4.78, 5) is 0. The summed E-state index contributed by atoms with van der Waals surface area (Å²) in [6.07, 6.45) is 8.85. The van der Waals surface area contributed by atoms with Gasteiger partial charge in [-0.1, -0.05) is 25.8 Å². The summed E-state index contributed by atoms with van der Waals surface area (Å²) in [5.41, 5.74) is 0. The van der Waals surface area contributed by atoms with Gasteiger partial charge in [-0.3, -0.25) is 0 Å². The Morgan fingerprint density at radius 1 is 1.42 bits per heavy atom. The Kier molecular flexibility index (Phi) is 4.37. The van der Waals surface area contributed by atoms with Crippen molar-refractivity contribution in [2.45, 2.75) is 45.1 Å². The second-order valence-electron chi connectivity index (χ2n) is 3.73. The smallest absolute Gasteiger partial charge is 0.00981 e. The maximum atomic E-state index is 3.82. The standard InChI is InChI=1S/C11H21N/c1-3-7-10-8-5-6-9-11(10)12-4-2/h3,10-12H,1,4-9H2,2H3. The van der Waals surface area contributed by atoms with Gasteiger partial charge in [0.1, 0.15) is 0 Å². The van der Waals surface area contributed by atoms with E-state index in [1.807, 2.05) is 0 Å². The van der Waals surface area contributed by atoms with Crippen molar-refractivity contribution in [3.8, 4) is 0 Å². The fraction of sp³-hybridized carbons (Fsp3) is 0.818. The zero-order chi connectivity index (χ0) is 8.81. The molecule has 1 saturated carbocycles. The van der Waals surface area contributed by atoms with Gasteiger partial charge in [-0.25, -0.2) is 0 Å². The summed E-state index contributed by atoms with van der Waals surface area (Å²) in [5.74, 6) is 0.858. The molecule has 2 unspecified atom stereocenters. The molecule has 2 atom stereocenters. The number of hydrogen-bond acceptors (Lipinski definition) is 1. The molecule has 0 aromatic carbocycles. The molecule has 1 aliphatic carbocycles. The van der Waals surface area contributed by atoms with Crippen LogP contribution in [0.25, 0.3) is 0 Å². The van der Waals surface area contributed by atoms with Crippen molar-refractivity contribution in [2.75, 3.05) is 6.54 Å². The fourth-order valence-corrected chi connectivity index (χ4v) is 2.23. The van der Waals surface area contributed by atoms with Crippen LogP contribution in [0.3, 0.4) is 0 Å². The fourth-order valence-electron chi connectivity index (χ4n) is 2.23. The molecule has 0 saturated heterocycles. The summed E-state index contributed by atoms with van der Waals surface area (Å²) >= 11 is 0. The van der Waals surface area contributed by atoms with E-state index >= 15 is 0 Å². The van der Waals surface area contributed by atoms with Crippen LogP contribution in [0.1, 0.15) is 39.0 Å². The van der Waals surface area contributed by atoms with Crippen molar-refractivity contribution in [2.24, 2.45) is 5.92 Å². The van der Waals surface area contributed by atoms with Gasteiger partial charge in [0, 0.05) is 6.04 Å². The summed E-state index contributed by atoms with van der Waals surface area (Å²) in [7, 11) is 0.